The van der Waals surface area contributed by atoms with Crippen LogP contribution >= 0.6 is 0 Å². The number of nitrogens with one attached hydrogen (secondary N) is 1. The van der Waals surface area contributed by atoms with Crippen molar-refractivity contribution in [3.8, 4) is 0 Å². The lowest BCUT2D eigenvalue weighted by Crippen LogP contribution is -2.42. The number of hydrogen-bond donors (Lipinski definition) is 2. The molecule has 1 aromatic rings. The molecule has 130 valence electrons. The number of aliphatic carboxylic acids is 1. The molecule has 1 aromatic carbocycles. The Morgan fingerprint density at radius 3 is 2.30 bits per heavy atom. The molecule has 0 aliphatic heterocycles. The fourth-order valence-electron chi connectivity index (χ4n) is 2.06. The third-order valence-corrected chi connectivity index (χ3v) is 4.33. The second kappa shape index (κ2) is 7.31. The predicted molar refractivity (Wildman–Crippen MR) is 78.1 cm³/mol. The second-order valence-corrected chi connectivity index (χ2v) is 7.31. The van der Waals surface area contributed by atoms with Crippen molar-refractivity contribution < 1.29 is 31.5 Å². The Morgan fingerprint density at radius 1 is 1.26 bits per heavy atom. The predicted octanol–water partition coefficient (Wildman–Crippen LogP) is 2.62. The van der Waals surface area contributed by atoms with E-state index in [4.69, 9.17) is 5.11 Å². The summed E-state index contributed by atoms with van der Waals surface area (Å²) in [5.41, 5.74) is -1.48. The van der Waals surface area contributed by atoms with Gasteiger partial charge in [-0.1, -0.05) is 32.0 Å². The summed E-state index contributed by atoms with van der Waals surface area (Å²) in [6, 6.07) is 2.92. The van der Waals surface area contributed by atoms with Gasteiger partial charge in [-0.15, -0.1) is 0 Å². The van der Waals surface area contributed by atoms with E-state index in [0.717, 1.165) is 18.2 Å². The molecule has 0 spiro atoms. The molecule has 1 atom stereocenters. The average Bonchev–Trinajstić information content (AvgIpc) is 2.35. The Kier molecular flexibility index (Phi) is 6.18. The fraction of sp³-hybridized carbons (Fsp3) is 0.500. The molecule has 0 amide bonds. The molecule has 0 saturated heterocycles. The van der Waals surface area contributed by atoms with Crippen LogP contribution < -0.4 is 4.72 Å². The van der Waals surface area contributed by atoms with Crippen molar-refractivity contribution in [1.29, 1.82) is 0 Å². The Labute approximate surface area is 132 Å². The Balaban J connectivity index is 3.01. The van der Waals surface area contributed by atoms with Gasteiger partial charge in [0.15, 0.2) is 0 Å². The van der Waals surface area contributed by atoms with Crippen LogP contribution in [0.25, 0.3) is 0 Å². The van der Waals surface area contributed by atoms with E-state index in [0.29, 0.717) is 0 Å². The van der Waals surface area contributed by atoms with E-state index in [1.807, 2.05) is 4.72 Å². The van der Waals surface area contributed by atoms with E-state index < -0.39 is 45.1 Å². The van der Waals surface area contributed by atoms with Gasteiger partial charge in [-0.3, -0.25) is 4.79 Å². The van der Waals surface area contributed by atoms with E-state index in [-0.39, 0.29) is 12.3 Å². The third-order valence-electron chi connectivity index (χ3n) is 3.00. The van der Waals surface area contributed by atoms with Crippen LogP contribution in [-0.4, -0.2) is 25.5 Å². The highest BCUT2D eigenvalue weighted by Gasteiger charge is 2.34. The van der Waals surface area contributed by atoms with Crippen molar-refractivity contribution in [3.63, 3.8) is 0 Å². The van der Waals surface area contributed by atoms with Crippen LogP contribution in [0.1, 0.15) is 31.4 Å². The summed E-state index contributed by atoms with van der Waals surface area (Å²) in [4.78, 5) is 11.1. The number of carbonyl (C=O) groups is 1. The molecule has 0 unspecified atom stereocenters. The summed E-state index contributed by atoms with van der Waals surface area (Å²) < 4.78 is 64.7. The summed E-state index contributed by atoms with van der Waals surface area (Å²) in [7, 11) is -4.24. The minimum atomic E-state index is -4.68. The van der Waals surface area contributed by atoms with E-state index in [9.17, 15) is 26.4 Å². The number of halogens is 3. The maximum Gasteiger partial charge on any atom is 0.416 e. The number of carboxylic acids is 1. The van der Waals surface area contributed by atoms with Crippen molar-refractivity contribution in [2.24, 2.45) is 5.92 Å². The van der Waals surface area contributed by atoms with Crippen LogP contribution in [0.15, 0.2) is 24.3 Å². The quantitative estimate of drug-likeness (QED) is 0.789. The summed E-state index contributed by atoms with van der Waals surface area (Å²) in [5.74, 6) is -2.41. The molecular weight excluding hydrogens is 335 g/mol. The highest BCUT2D eigenvalue weighted by molar-refractivity contribution is 7.88. The fourth-order valence-corrected chi connectivity index (χ4v) is 3.43. The van der Waals surface area contributed by atoms with Gasteiger partial charge >= 0.3 is 12.1 Å². The first kappa shape index (κ1) is 19.4. The van der Waals surface area contributed by atoms with E-state index >= 15 is 0 Å². The van der Waals surface area contributed by atoms with Gasteiger partial charge in [0.05, 0.1) is 11.3 Å². The number of hydrogen-bond acceptors (Lipinski definition) is 3. The van der Waals surface area contributed by atoms with Crippen molar-refractivity contribution in [3.05, 3.63) is 35.4 Å². The van der Waals surface area contributed by atoms with Gasteiger partial charge in [-0.05, 0) is 24.0 Å². The lowest BCUT2D eigenvalue weighted by molar-refractivity contribution is -0.139. The first-order valence-corrected chi connectivity index (χ1v) is 8.45. The molecule has 23 heavy (non-hydrogen) atoms. The summed E-state index contributed by atoms with van der Waals surface area (Å²) in [5, 5.41) is 9.03. The highest BCUT2D eigenvalue weighted by Crippen LogP contribution is 2.32. The van der Waals surface area contributed by atoms with Gasteiger partial charge in [0.25, 0.3) is 0 Å². The molecule has 2 N–H and O–H groups in total. The summed E-state index contributed by atoms with van der Waals surface area (Å²) in [6.45, 7) is 3.42. The molecule has 0 fully saturated rings. The van der Waals surface area contributed by atoms with Crippen molar-refractivity contribution in [2.45, 2.75) is 38.2 Å². The van der Waals surface area contributed by atoms with Crippen molar-refractivity contribution in [2.75, 3.05) is 0 Å². The SMILES string of the molecule is CC(C)C[C@H](NS(=O)(=O)Cc1ccccc1C(F)(F)F)C(=O)O. The molecule has 0 aliphatic carbocycles. The van der Waals surface area contributed by atoms with Gasteiger partial charge in [-0.2, -0.15) is 13.2 Å². The molecule has 0 radical (unpaired) electrons. The van der Waals surface area contributed by atoms with E-state index in [1.54, 1.807) is 13.8 Å². The van der Waals surface area contributed by atoms with Crippen LogP contribution in [0.4, 0.5) is 13.2 Å². The lowest BCUT2D eigenvalue weighted by Gasteiger charge is -2.18. The molecule has 0 bridgehead atoms. The Hall–Kier alpha value is -1.61. The molecule has 5 nitrogen and oxygen atoms in total. The Bertz CT molecular complexity index is 656. The topological polar surface area (TPSA) is 83.5 Å². The third kappa shape index (κ3) is 6.19. The maximum absolute atomic E-state index is 12.9. The molecular formula is C14H18F3NO4S. The zero-order valence-corrected chi connectivity index (χ0v) is 13.4. The molecule has 0 aromatic heterocycles. The zero-order valence-electron chi connectivity index (χ0n) is 12.6. The minimum absolute atomic E-state index is 0.0372. The number of carboxylic acid groups (broad SMARTS) is 1. The molecule has 0 heterocycles. The Morgan fingerprint density at radius 2 is 1.83 bits per heavy atom. The minimum Gasteiger partial charge on any atom is -0.480 e. The van der Waals surface area contributed by atoms with E-state index in [1.165, 1.54) is 6.07 Å². The second-order valence-electron chi connectivity index (χ2n) is 5.55. The molecule has 0 aliphatic rings. The molecule has 9 heteroatoms. The number of sulfonamides is 1. The van der Waals surface area contributed by atoms with Gasteiger partial charge in [0, 0.05) is 0 Å². The van der Waals surface area contributed by atoms with Gasteiger partial charge in [-0.25, -0.2) is 13.1 Å². The normalized spacial score (nSPS) is 14.0. The standard InChI is InChI=1S/C14H18F3NO4S/c1-9(2)7-12(13(19)20)18-23(21,22)8-10-5-3-4-6-11(10)14(15,16)17/h3-6,9,12,18H,7-8H2,1-2H3,(H,19,20)/t12-/m0/s1. The van der Waals surface area contributed by atoms with Crippen LogP contribution in [0.5, 0.6) is 0 Å². The lowest BCUT2D eigenvalue weighted by atomic mass is 10.1. The molecule has 1 rings (SSSR count). The number of benzene rings is 1. The number of alkyl halides is 3. The first-order valence-electron chi connectivity index (χ1n) is 6.80. The van der Waals surface area contributed by atoms with Gasteiger partial charge in [0.2, 0.25) is 10.0 Å². The van der Waals surface area contributed by atoms with E-state index in [2.05, 4.69) is 0 Å². The van der Waals surface area contributed by atoms with Gasteiger partial charge < -0.3 is 5.11 Å². The molecule has 0 saturated carbocycles. The van der Waals surface area contributed by atoms with Crippen LogP contribution in [-0.2, 0) is 26.7 Å². The van der Waals surface area contributed by atoms with Crippen molar-refractivity contribution in [1.82, 2.24) is 4.72 Å². The highest BCUT2D eigenvalue weighted by atomic mass is 32.2. The monoisotopic (exact) mass is 353 g/mol. The first-order chi connectivity index (χ1) is 10.4. The van der Waals surface area contributed by atoms with Crippen LogP contribution in [0.3, 0.4) is 0 Å². The average molecular weight is 353 g/mol. The smallest absolute Gasteiger partial charge is 0.416 e. The maximum atomic E-state index is 12.9. The number of rotatable bonds is 7. The largest absolute Gasteiger partial charge is 0.480 e. The summed E-state index contributed by atoms with van der Waals surface area (Å²) in [6.07, 6.45) is -4.65. The van der Waals surface area contributed by atoms with Crippen molar-refractivity contribution >= 4 is 16.0 Å². The van der Waals surface area contributed by atoms with Gasteiger partial charge in [0.1, 0.15) is 6.04 Å². The van der Waals surface area contributed by atoms with Crippen LogP contribution in [0.2, 0.25) is 0 Å². The summed E-state index contributed by atoms with van der Waals surface area (Å²) >= 11 is 0. The zero-order chi connectivity index (χ0) is 17.8. The van der Waals surface area contributed by atoms with Crippen LogP contribution in [0, 0.1) is 5.92 Å².